The summed E-state index contributed by atoms with van der Waals surface area (Å²) in [4.78, 5) is 14.1. The molecule has 1 heterocycles. The fraction of sp³-hybridized carbons (Fsp3) is 0.650. The minimum absolute atomic E-state index is 0.401. The van der Waals surface area contributed by atoms with Crippen molar-refractivity contribution in [1.82, 2.24) is 4.90 Å². The van der Waals surface area contributed by atoms with Crippen molar-refractivity contribution in [2.75, 3.05) is 51.4 Å². The summed E-state index contributed by atoms with van der Waals surface area (Å²) in [6.45, 7) is 7.73. The monoisotopic (exact) mass is 364 g/mol. The molecule has 1 aromatic rings. The Kier molecular flexibility index (Phi) is 9.90. The molecule has 0 radical (unpaired) electrons. The number of carbonyl (C=O) groups is 1. The smallest absolute Gasteiger partial charge is 0.411 e. The van der Waals surface area contributed by atoms with Crippen molar-refractivity contribution in [3.8, 4) is 5.75 Å². The van der Waals surface area contributed by atoms with Gasteiger partial charge in [0.1, 0.15) is 12.4 Å². The van der Waals surface area contributed by atoms with Crippen LogP contribution < -0.4 is 10.1 Å². The second-order valence-electron chi connectivity index (χ2n) is 6.50. The van der Waals surface area contributed by atoms with Gasteiger partial charge in [0.25, 0.3) is 0 Å². The Bertz CT molecular complexity index is 501. The average Bonchev–Trinajstić information content (AvgIpc) is 2.67. The van der Waals surface area contributed by atoms with Gasteiger partial charge in [0.05, 0.1) is 19.8 Å². The Morgan fingerprint density at radius 3 is 2.54 bits per heavy atom. The fourth-order valence-corrected chi connectivity index (χ4v) is 2.78. The zero-order chi connectivity index (χ0) is 18.5. The number of nitrogens with zero attached hydrogens (tertiary/aromatic N) is 1. The predicted octanol–water partition coefficient (Wildman–Crippen LogP) is 3.92. The number of carbonyl (C=O) groups excluding carboxylic acids is 1. The van der Waals surface area contributed by atoms with Gasteiger partial charge in [-0.3, -0.25) is 10.2 Å². The number of hydrogen-bond acceptors (Lipinski definition) is 5. The largest absolute Gasteiger partial charge is 0.492 e. The van der Waals surface area contributed by atoms with Gasteiger partial charge in [0.15, 0.2) is 0 Å². The van der Waals surface area contributed by atoms with Crippen LogP contribution in [0.1, 0.15) is 39.0 Å². The van der Waals surface area contributed by atoms with Crippen molar-refractivity contribution in [1.29, 1.82) is 0 Å². The molecule has 6 nitrogen and oxygen atoms in total. The second-order valence-corrected chi connectivity index (χ2v) is 6.50. The molecule has 1 N–H and O–H groups in total. The number of rotatable bonds is 11. The lowest BCUT2D eigenvalue weighted by Gasteiger charge is -2.26. The molecule has 2 rings (SSSR count). The van der Waals surface area contributed by atoms with Crippen LogP contribution in [0, 0.1) is 0 Å². The van der Waals surface area contributed by atoms with E-state index in [-0.39, 0.29) is 0 Å². The van der Waals surface area contributed by atoms with E-state index in [9.17, 15) is 4.79 Å². The molecule has 0 aromatic heterocycles. The van der Waals surface area contributed by atoms with Crippen LogP contribution in [0.15, 0.2) is 24.3 Å². The molecule has 1 aliphatic heterocycles. The number of nitrogens with one attached hydrogen (secondary N) is 1. The number of amides is 1. The SMILES string of the molecule is CCCCCCCOC(=O)Nc1ccc(OCCN2CCOCC2)cc1. The molecule has 1 aliphatic rings. The number of morpholine rings is 1. The van der Waals surface area contributed by atoms with Crippen molar-refractivity contribution >= 4 is 11.8 Å². The quantitative estimate of drug-likeness (QED) is 0.603. The van der Waals surface area contributed by atoms with E-state index in [0.717, 1.165) is 51.4 Å². The Hall–Kier alpha value is -1.79. The molecular weight excluding hydrogens is 332 g/mol. The molecule has 0 spiro atoms. The topological polar surface area (TPSA) is 60.0 Å². The first kappa shape index (κ1) is 20.5. The van der Waals surface area contributed by atoms with Crippen molar-refractivity contribution < 1.29 is 19.0 Å². The Morgan fingerprint density at radius 2 is 1.81 bits per heavy atom. The van der Waals surface area contributed by atoms with Gasteiger partial charge in [-0.2, -0.15) is 0 Å². The molecule has 6 heteroatoms. The molecule has 1 amide bonds. The van der Waals surface area contributed by atoms with Gasteiger partial charge in [-0.1, -0.05) is 32.6 Å². The van der Waals surface area contributed by atoms with Crippen molar-refractivity contribution in [2.24, 2.45) is 0 Å². The van der Waals surface area contributed by atoms with E-state index < -0.39 is 6.09 Å². The van der Waals surface area contributed by atoms with Crippen LogP contribution in [-0.2, 0) is 9.47 Å². The summed E-state index contributed by atoms with van der Waals surface area (Å²) < 4.78 is 16.3. The predicted molar refractivity (Wildman–Crippen MR) is 103 cm³/mol. The first-order valence-corrected chi connectivity index (χ1v) is 9.74. The molecule has 0 saturated carbocycles. The maximum absolute atomic E-state index is 11.8. The number of benzene rings is 1. The van der Waals surface area contributed by atoms with Gasteiger partial charge in [-0.25, -0.2) is 4.79 Å². The lowest BCUT2D eigenvalue weighted by atomic mass is 10.2. The summed E-state index contributed by atoms with van der Waals surface area (Å²) in [5.41, 5.74) is 0.710. The molecule has 1 fully saturated rings. The third-order valence-electron chi connectivity index (χ3n) is 4.36. The fourth-order valence-electron chi connectivity index (χ4n) is 2.78. The molecule has 0 atom stereocenters. The molecule has 146 valence electrons. The first-order chi connectivity index (χ1) is 12.8. The highest BCUT2D eigenvalue weighted by Crippen LogP contribution is 2.16. The number of hydrogen-bond donors (Lipinski definition) is 1. The summed E-state index contributed by atoms with van der Waals surface area (Å²) >= 11 is 0. The maximum Gasteiger partial charge on any atom is 0.411 e. The van der Waals surface area contributed by atoms with Crippen LogP contribution in [0.2, 0.25) is 0 Å². The average molecular weight is 364 g/mol. The zero-order valence-corrected chi connectivity index (χ0v) is 15.9. The van der Waals surface area contributed by atoms with E-state index in [4.69, 9.17) is 14.2 Å². The van der Waals surface area contributed by atoms with Gasteiger partial charge < -0.3 is 14.2 Å². The summed E-state index contributed by atoms with van der Waals surface area (Å²) in [6.07, 6.45) is 5.29. The van der Waals surface area contributed by atoms with Crippen LogP contribution >= 0.6 is 0 Å². The Balaban J connectivity index is 1.58. The molecule has 1 aromatic carbocycles. The maximum atomic E-state index is 11.8. The molecule has 26 heavy (non-hydrogen) atoms. The molecule has 0 bridgehead atoms. The zero-order valence-electron chi connectivity index (χ0n) is 15.9. The third kappa shape index (κ3) is 8.54. The summed E-state index contributed by atoms with van der Waals surface area (Å²) in [5, 5.41) is 2.74. The van der Waals surface area contributed by atoms with E-state index in [1.165, 1.54) is 19.3 Å². The lowest BCUT2D eigenvalue weighted by molar-refractivity contribution is 0.0322. The van der Waals surface area contributed by atoms with Gasteiger partial charge in [-0.15, -0.1) is 0 Å². The minimum Gasteiger partial charge on any atom is -0.492 e. The number of anilines is 1. The number of unbranched alkanes of at least 4 members (excludes halogenated alkanes) is 4. The highest BCUT2D eigenvalue weighted by atomic mass is 16.5. The van der Waals surface area contributed by atoms with Crippen molar-refractivity contribution in [3.63, 3.8) is 0 Å². The van der Waals surface area contributed by atoms with Crippen LogP contribution in [0.5, 0.6) is 5.75 Å². The molecular formula is C20H32N2O4. The molecule has 0 unspecified atom stereocenters. The lowest BCUT2D eigenvalue weighted by Crippen LogP contribution is -2.38. The summed E-state index contributed by atoms with van der Waals surface area (Å²) in [7, 11) is 0. The highest BCUT2D eigenvalue weighted by molar-refractivity contribution is 5.84. The van der Waals surface area contributed by atoms with E-state index in [2.05, 4.69) is 17.1 Å². The van der Waals surface area contributed by atoms with Gasteiger partial charge in [-0.05, 0) is 30.7 Å². The normalized spacial score (nSPS) is 14.8. The second kappa shape index (κ2) is 12.5. The van der Waals surface area contributed by atoms with Crippen LogP contribution in [0.25, 0.3) is 0 Å². The Labute approximate surface area is 156 Å². The van der Waals surface area contributed by atoms with E-state index >= 15 is 0 Å². The summed E-state index contributed by atoms with van der Waals surface area (Å²) in [6, 6.07) is 7.37. The van der Waals surface area contributed by atoms with Crippen molar-refractivity contribution in [2.45, 2.75) is 39.0 Å². The van der Waals surface area contributed by atoms with E-state index in [0.29, 0.717) is 18.9 Å². The van der Waals surface area contributed by atoms with Crippen LogP contribution in [0.3, 0.4) is 0 Å². The van der Waals surface area contributed by atoms with Gasteiger partial charge in [0.2, 0.25) is 0 Å². The van der Waals surface area contributed by atoms with Crippen LogP contribution in [0.4, 0.5) is 10.5 Å². The molecule has 0 aliphatic carbocycles. The standard InChI is InChI=1S/C20H32N2O4/c1-2-3-4-5-6-14-26-20(23)21-18-7-9-19(10-8-18)25-17-13-22-11-15-24-16-12-22/h7-10H,2-6,11-17H2,1H3,(H,21,23). The van der Waals surface area contributed by atoms with Crippen molar-refractivity contribution in [3.05, 3.63) is 24.3 Å². The minimum atomic E-state index is -0.401. The number of ether oxygens (including phenoxy) is 3. The Morgan fingerprint density at radius 1 is 1.08 bits per heavy atom. The van der Waals surface area contributed by atoms with E-state index in [1.54, 1.807) is 0 Å². The van der Waals surface area contributed by atoms with Gasteiger partial charge in [0, 0.05) is 25.3 Å². The molecule has 1 saturated heterocycles. The van der Waals surface area contributed by atoms with E-state index in [1.807, 2.05) is 24.3 Å². The summed E-state index contributed by atoms with van der Waals surface area (Å²) in [5.74, 6) is 0.799. The van der Waals surface area contributed by atoms with Crippen LogP contribution in [-0.4, -0.2) is 57.1 Å². The van der Waals surface area contributed by atoms with Gasteiger partial charge >= 0.3 is 6.09 Å². The first-order valence-electron chi connectivity index (χ1n) is 9.74. The highest BCUT2D eigenvalue weighted by Gasteiger charge is 2.09. The third-order valence-corrected chi connectivity index (χ3v) is 4.36.